The van der Waals surface area contributed by atoms with Crippen molar-refractivity contribution in [3.8, 4) is 0 Å². The van der Waals surface area contributed by atoms with Gasteiger partial charge in [-0.1, -0.05) is 19.0 Å². The van der Waals surface area contributed by atoms with Gasteiger partial charge in [0.2, 0.25) is 5.89 Å². The molecule has 0 aliphatic carbocycles. The van der Waals surface area contributed by atoms with Gasteiger partial charge in [0.1, 0.15) is 0 Å². The fourth-order valence-corrected chi connectivity index (χ4v) is 1.84. The van der Waals surface area contributed by atoms with Crippen LogP contribution in [-0.4, -0.2) is 36.4 Å². The summed E-state index contributed by atoms with van der Waals surface area (Å²) in [6.07, 6.45) is 1.74. The predicted molar refractivity (Wildman–Crippen MR) is 66.0 cm³/mol. The highest BCUT2D eigenvalue weighted by atomic mass is 16.5. The second-order valence-electron chi connectivity index (χ2n) is 4.09. The summed E-state index contributed by atoms with van der Waals surface area (Å²) in [7, 11) is 1.96. The van der Waals surface area contributed by atoms with Gasteiger partial charge in [0.05, 0.1) is 12.5 Å². The van der Waals surface area contributed by atoms with Crippen molar-refractivity contribution in [3.05, 3.63) is 11.7 Å². The monoisotopic (exact) mass is 241 g/mol. The second-order valence-corrected chi connectivity index (χ2v) is 4.09. The second kappa shape index (κ2) is 7.40. The minimum absolute atomic E-state index is 0.235. The molecule has 0 saturated heterocycles. The lowest BCUT2D eigenvalue weighted by Gasteiger charge is -2.18. The van der Waals surface area contributed by atoms with Crippen molar-refractivity contribution in [2.24, 2.45) is 0 Å². The Labute approximate surface area is 103 Å². The summed E-state index contributed by atoms with van der Waals surface area (Å²) in [6, 6.07) is 0.371. The Morgan fingerprint density at radius 1 is 1.41 bits per heavy atom. The van der Waals surface area contributed by atoms with Gasteiger partial charge in [-0.2, -0.15) is 4.98 Å². The topological polar surface area (TPSA) is 60.2 Å². The lowest BCUT2D eigenvalue weighted by atomic mass is 10.00. The summed E-state index contributed by atoms with van der Waals surface area (Å²) in [5.74, 6) is 1.67. The first-order valence-corrected chi connectivity index (χ1v) is 6.30. The maximum absolute atomic E-state index is 5.29. The number of hydrogen-bond donors (Lipinski definition) is 1. The molecule has 0 radical (unpaired) electrons. The van der Waals surface area contributed by atoms with Gasteiger partial charge in [0, 0.05) is 19.1 Å². The third-order valence-corrected chi connectivity index (χ3v) is 2.96. The zero-order chi connectivity index (χ0) is 12.7. The number of nitrogens with one attached hydrogen (secondary N) is 1. The van der Waals surface area contributed by atoms with Gasteiger partial charge in [-0.3, -0.25) is 0 Å². The van der Waals surface area contributed by atoms with E-state index in [-0.39, 0.29) is 5.92 Å². The van der Waals surface area contributed by atoms with E-state index in [1.807, 2.05) is 14.0 Å². The summed E-state index contributed by atoms with van der Waals surface area (Å²) in [6.45, 7) is 7.59. The molecule has 5 heteroatoms. The van der Waals surface area contributed by atoms with Crippen molar-refractivity contribution in [1.82, 2.24) is 15.5 Å². The summed E-state index contributed by atoms with van der Waals surface area (Å²) < 4.78 is 10.5. The summed E-state index contributed by atoms with van der Waals surface area (Å²) >= 11 is 0. The molecule has 5 nitrogen and oxygen atoms in total. The van der Waals surface area contributed by atoms with Crippen LogP contribution in [0.25, 0.3) is 0 Å². The van der Waals surface area contributed by atoms with E-state index >= 15 is 0 Å². The number of likely N-dealkylation sites (N-methyl/N-ethyl adjacent to an activating group) is 1. The van der Waals surface area contributed by atoms with Gasteiger partial charge in [-0.05, 0) is 20.4 Å². The van der Waals surface area contributed by atoms with Crippen molar-refractivity contribution in [2.75, 3.05) is 20.3 Å². The fraction of sp³-hybridized carbons (Fsp3) is 0.833. The molecule has 1 aromatic rings. The number of hydrogen-bond acceptors (Lipinski definition) is 5. The molecule has 2 unspecified atom stereocenters. The zero-order valence-corrected chi connectivity index (χ0v) is 11.2. The highest BCUT2D eigenvalue weighted by molar-refractivity contribution is 4.97. The predicted octanol–water partition coefficient (Wildman–Crippen LogP) is 1.75. The first-order chi connectivity index (χ1) is 8.22. The maximum Gasteiger partial charge on any atom is 0.231 e. The summed E-state index contributed by atoms with van der Waals surface area (Å²) in [5, 5.41) is 7.23. The number of rotatable bonds is 8. The van der Waals surface area contributed by atoms with E-state index in [1.54, 1.807) is 0 Å². The Kier molecular flexibility index (Phi) is 6.15. The van der Waals surface area contributed by atoms with Crippen molar-refractivity contribution >= 4 is 0 Å². The van der Waals surface area contributed by atoms with E-state index in [0.29, 0.717) is 25.0 Å². The van der Waals surface area contributed by atoms with E-state index in [4.69, 9.17) is 9.26 Å². The third kappa shape index (κ3) is 4.09. The molecular weight excluding hydrogens is 218 g/mol. The lowest BCUT2D eigenvalue weighted by molar-refractivity contribution is 0.149. The Morgan fingerprint density at radius 2 is 2.18 bits per heavy atom. The van der Waals surface area contributed by atoms with Crippen LogP contribution in [0, 0.1) is 0 Å². The normalized spacial score (nSPS) is 14.8. The molecule has 1 N–H and O–H groups in total. The smallest absolute Gasteiger partial charge is 0.231 e. The van der Waals surface area contributed by atoms with Gasteiger partial charge >= 0.3 is 0 Å². The van der Waals surface area contributed by atoms with Crippen molar-refractivity contribution in [2.45, 2.75) is 45.6 Å². The molecule has 0 amide bonds. The van der Waals surface area contributed by atoms with Crippen LogP contribution in [0.4, 0.5) is 0 Å². The van der Waals surface area contributed by atoms with Gasteiger partial charge < -0.3 is 14.6 Å². The molecule has 17 heavy (non-hydrogen) atoms. The minimum Gasteiger partial charge on any atom is -0.381 e. The van der Waals surface area contributed by atoms with E-state index in [9.17, 15) is 0 Å². The average molecular weight is 241 g/mol. The van der Waals surface area contributed by atoms with Crippen LogP contribution in [-0.2, 0) is 11.2 Å². The molecule has 1 aromatic heterocycles. The van der Waals surface area contributed by atoms with Crippen molar-refractivity contribution < 1.29 is 9.26 Å². The Bertz CT molecular complexity index is 310. The van der Waals surface area contributed by atoms with Crippen molar-refractivity contribution in [1.29, 1.82) is 0 Å². The standard InChI is InChI=1S/C12H23N3O2/c1-5-10(13-4)9(3)12-14-11(15-17-12)7-8-16-6-2/h9-10,13H,5-8H2,1-4H3. The van der Waals surface area contributed by atoms with Crippen LogP contribution < -0.4 is 5.32 Å². The number of nitrogens with zero attached hydrogens (tertiary/aromatic N) is 2. The molecular formula is C12H23N3O2. The average Bonchev–Trinajstić information content (AvgIpc) is 2.79. The van der Waals surface area contributed by atoms with Crippen LogP contribution in [0.1, 0.15) is 44.8 Å². The molecule has 1 rings (SSSR count). The molecule has 0 saturated carbocycles. The van der Waals surface area contributed by atoms with Gasteiger partial charge in [0.15, 0.2) is 5.82 Å². The number of aromatic nitrogens is 2. The molecule has 0 spiro atoms. The van der Waals surface area contributed by atoms with Crippen LogP contribution in [0.2, 0.25) is 0 Å². The first-order valence-electron chi connectivity index (χ1n) is 6.30. The van der Waals surface area contributed by atoms with Crippen LogP contribution in [0.15, 0.2) is 4.52 Å². The molecule has 1 heterocycles. The summed E-state index contributed by atoms with van der Waals surface area (Å²) in [5.41, 5.74) is 0. The van der Waals surface area contributed by atoms with Crippen LogP contribution in [0.3, 0.4) is 0 Å². The Morgan fingerprint density at radius 3 is 2.76 bits per heavy atom. The van der Waals surface area contributed by atoms with Crippen molar-refractivity contribution in [3.63, 3.8) is 0 Å². The molecule has 2 atom stereocenters. The molecule has 0 fully saturated rings. The lowest BCUT2D eigenvalue weighted by Crippen LogP contribution is -2.30. The van der Waals surface area contributed by atoms with E-state index < -0.39 is 0 Å². The van der Waals surface area contributed by atoms with E-state index in [2.05, 4.69) is 29.3 Å². The molecule has 0 aliphatic rings. The highest BCUT2D eigenvalue weighted by Gasteiger charge is 2.21. The quantitative estimate of drug-likeness (QED) is 0.703. The Hall–Kier alpha value is -0.940. The maximum atomic E-state index is 5.29. The van der Waals surface area contributed by atoms with Crippen LogP contribution >= 0.6 is 0 Å². The number of ether oxygens (including phenoxy) is 1. The van der Waals surface area contributed by atoms with E-state index in [0.717, 1.165) is 18.9 Å². The fourth-order valence-electron chi connectivity index (χ4n) is 1.84. The Balaban J connectivity index is 2.54. The first kappa shape index (κ1) is 14.1. The molecule has 98 valence electrons. The van der Waals surface area contributed by atoms with Gasteiger partial charge in [-0.15, -0.1) is 0 Å². The minimum atomic E-state index is 0.235. The molecule has 0 aliphatic heterocycles. The third-order valence-electron chi connectivity index (χ3n) is 2.96. The zero-order valence-electron chi connectivity index (χ0n) is 11.2. The largest absolute Gasteiger partial charge is 0.381 e. The summed E-state index contributed by atoms with van der Waals surface area (Å²) in [4.78, 5) is 4.40. The highest BCUT2D eigenvalue weighted by Crippen LogP contribution is 2.19. The van der Waals surface area contributed by atoms with Gasteiger partial charge in [-0.25, -0.2) is 0 Å². The van der Waals surface area contributed by atoms with Crippen LogP contribution in [0.5, 0.6) is 0 Å². The van der Waals surface area contributed by atoms with Gasteiger partial charge in [0.25, 0.3) is 0 Å². The SMILES string of the molecule is CCOCCc1noc(C(C)C(CC)NC)n1. The van der Waals surface area contributed by atoms with E-state index in [1.165, 1.54) is 0 Å². The molecule has 0 aromatic carbocycles. The molecule has 0 bridgehead atoms.